The fraction of sp³-hybridized carbons (Fsp3) is 0.303. The summed E-state index contributed by atoms with van der Waals surface area (Å²) in [4.78, 5) is 14.3. The molecule has 2 bridgehead atoms. The number of allylic oxidation sites excluding steroid dienone is 2. The summed E-state index contributed by atoms with van der Waals surface area (Å²) in [6, 6.07) is 10.4. The molecule has 3 aromatic rings. The number of phenolic OH excluding ortho intramolecular Hbond substituents is 4. The quantitative estimate of drug-likeness (QED) is 0.257. The Morgan fingerprint density at radius 2 is 1.64 bits per heavy atom. The predicted molar refractivity (Wildman–Crippen MR) is 151 cm³/mol. The lowest BCUT2D eigenvalue weighted by molar-refractivity contribution is -0.201. The number of carbonyl (C=O) groups excluding carboxylic acids is 1. The summed E-state index contributed by atoms with van der Waals surface area (Å²) in [5.41, 5.74) is -0.289. The highest BCUT2D eigenvalue weighted by Gasteiger charge is 2.69. The van der Waals surface area contributed by atoms with Crippen LogP contribution in [0.15, 0.2) is 60.2 Å². The Balaban J connectivity index is 1.42. The third-order valence-electron chi connectivity index (χ3n) is 8.84. The predicted octanol–water partition coefficient (Wildman–Crippen LogP) is 5.53. The largest absolute Gasteiger partial charge is 0.508 e. The molecule has 4 unspecified atom stereocenters. The van der Waals surface area contributed by atoms with Crippen molar-refractivity contribution in [3.63, 3.8) is 0 Å². The van der Waals surface area contributed by atoms with Crippen LogP contribution in [0.3, 0.4) is 0 Å². The number of aromatic hydroxyl groups is 4. The molecule has 216 valence electrons. The van der Waals surface area contributed by atoms with Crippen molar-refractivity contribution >= 4 is 11.4 Å². The Hall–Kier alpha value is -4.63. The number of ketones is 1. The van der Waals surface area contributed by atoms with Crippen LogP contribution in [0.2, 0.25) is 0 Å². The van der Waals surface area contributed by atoms with E-state index in [1.807, 2.05) is 26.8 Å². The van der Waals surface area contributed by atoms with Crippen LogP contribution in [0.5, 0.6) is 40.2 Å². The zero-order chi connectivity index (χ0) is 29.8. The van der Waals surface area contributed by atoms with Gasteiger partial charge >= 0.3 is 5.79 Å². The van der Waals surface area contributed by atoms with Crippen LogP contribution in [0.1, 0.15) is 73.0 Å². The van der Waals surface area contributed by atoms with Crippen LogP contribution in [-0.4, -0.2) is 42.7 Å². The third kappa shape index (κ3) is 3.43. The number of hydrogen-bond acceptors (Lipinski definition) is 9. The van der Waals surface area contributed by atoms with Gasteiger partial charge in [0.25, 0.3) is 0 Å². The van der Waals surface area contributed by atoms with E-state index in [0.29, 0.717) is 29.7 Å². The number of fused-ring (bicyclic) bond motifs is 5. The summed E-state index contributed by atoms with van der Waals surface area (Å²) >= 11 is 0. The fourth-order valence-corrected chi connectivity index (χ4v) is 6.81. The molecular weight excluding hydrogens is 540 g/mol. The number of aliphatic hydroxyl groups is 1. The van der Waals surface area contributed by atoms with Gasteiger partial charge in [0.2, 0.25) is 11.4 Å². The summed E-state index contributed by atoms with van der Waals surface area (Å²) in [6.45, 7) is 5.61. The average molecular weight is 571 g/mol. The number of phenols is 4. The maximum atomic E-state index is 14.3. The van der Waals surface area contributed by atoms with Crippen LogP contribution in [0.25, 0.3) is 5.57 Å². The van der Waals surface area contributed by atoms with Gasteiger partial charge in [0.15, 0.2) is 0 Å². The molecule has 4 atom stereocenters. The van der Waals surface area contributed by atoms with Crippen molar-refractivity contribution in [3.05, 3.63) is 82.4 Å². The summed E-state index contributed by atoms with van der Waals surface area (Å²) in [6.07, 6.45) is 4.93. The molecule has 3 aromatic carbocycles. The highest BCUT2D eigenvalue weighted by atomic mass is 16.7. The maximum Gasteiger partial charge on any atom is 0.318 e. The first-order valence-electron chi connectivity index (χ1n) is 13.8. The summed E-state index contributed by atoms with van der Waals surface area (Å²) in [5.74, 6) is -4.31. The highest BCUT2D eigenvalue weighted by molar-refractivity contribution is 6.10. The van der Waals surface area contributed by atoms with Gasteiger partial charge in [0.1, 0.15) is 51.4 Å². The van der Waals surface area contributed by atoms with Crippen LogP contribution in [0, 0.1) is 0 Å². The maximum absolute atomic E-state index is 14.3. The van der Waals surface area contributed by atoms with Crippen LogP contribution < -0.4 is 14.2 Å². The Kier molecular flexibility index (Phi) is 5.29. The van der Waals surface area contributed by atoms with Gasteiger partial charge in [-0.1, -0.05) is 17.7 Å². The first-order chi connectivity index (χ1) is 19.9. The van der Waals surface area contributed by atoms with Crippen molar-refractivity contribution in [1.82, 2.24) is 0 Å². The minimum absolute atomic E-state index is 0.0275. The van der Waals surface area contributed by atoms with Crippen molar-refractivity contribution in [2.75, 3.05) is 0 Å². The monoisotopic (exact) mass is 570 g/mol. The molecule has 5 aliphatic rings. The van der Waals surface area contributed by atoms with E-state index in [2.05, 4.69) is 0 Å². The Morgan fingerprint density at radius 1 is 0.929 bits per heavy atom. The summed E-state index contributed by atoms with van der Waals surface area (Å²) in [7, 11) is 0. The van der Waals surface area contributed by atoms with Gasteiger partial charge in [-0.3, -0.25) is 4.79 Å². The second-order valence-electron chi connectivity index (χ2n) is 12.0. The molecule has 0 saturated heterocycles. The highest BCUT2D eigenvalue weighted by Crippen LogP contribution is 2.61. The lowest BCUT2D eigenvalue weighted by atomic mass is 9.73. The van der Waals surface area contributed by atoms with E-state index in [4.69, 9.17) is 14.2 Å². The zero-order valence-corrected chi connectivity index (χ0v) is 23.3. The summed E-state index contributed by atoms with van der Waals surface area (Å²) < 4.78 is 18.5. The molecule has 4 heterocycles. The minimum Gasteiger partial charge on any atom is -0.508 e. The lowest BCUT2D eigenvalue weighted by Gasteiger charge is -2.43. The van der Waals surface area contributed by atoms with E-state index in [-0.39, 0.29) is 52.2 Å². The number of Topliss-reactive ketones (excluding diaryl/α,β-unsaturated/α-hetero) is 1. The Labute approximate surface area is 241 Å². The minimum atomic E-state index is -2.58. The second-order valence-corrected chi connectivity index (χ2v) is 12.0. The van der Waals surface area contributed by atoms with Crippen LogP contribution >= 0.6 is 0 Å². The molecule has 0 fully saturated rings. The molecule has 4 aliphatic heterocycles. The topological polar surface area (TPSA) is 146 Å². The van der Waals surface area contributed by atoms with Crippen LogP contribution in [0.4, 0.5) is 0 Å². The van der Waals surface area contributed by atoms with Gasteiger partial charge < -0.3 is 39.7 Å². The lowest BCUT2D eigenvalue weighted by Crippen LogP contribution is -2.62. The van der Waals surface area contributed by atoms with E-state index in [1.165, 1.54) is 24.3 Å². The van der Waals surface area contributed by atoms with E-state index >= 15 is 0 Å². The molecule has 0 amide bonds. The molecule has 0 aromatic heterocycles. The molecule has 0 spiro atoms. The first kappa shape index (κ1) is 26.3. The van der Waals surface area contributed by atoms with E-state index in [9.17, 15) is 30.3 Å². The van der Waals surface area contributed by atoms with Gasteiger partial charge in [-0.25, -0.2) is 0 Å². The number of carbonyl (C=O) groups is 1. The molecule has 0 radical (unpaired) electrons. The van der Waals surface area contributed by atoms with E-state index in [0.717, 1.165) is 11.1 Å². The number of rotatable bonds is 3. The smallest absolute Gasteiger partial charge is 0.318 e. The fourth-order valence-electron chi connectivity index (χ4n) is 6.81. The van der Waals surface area contributed by atoms with Crippen molar-refractivity contribution in [2.24, 2.45) is 0 Å². The summed E-state index contributed by atoms with van der Waals surface area (Å²) in [5, 5.41) is 55.3. The second kappa shape index (κ2) is 8.45. The van der Waals surface area contributed by atoms with E-state index < -0.39 is 28.5 Å². The molecule has 9 heteroatoms. The average Bonchev–Trinajstić information content (AvgIpc) is 2.98. The van der Waals surface area contributed by atoms with Crippen molar-refractivity contribution in [3.8, 4) is 40.2 Å². The molecule has 5 N–H and O–H groups in total. The van der Waals surface area contributed by atoms with E-state index in [1.54, 1.807) is 24.3 Å². The Bertz CT molecular complexity index is 1770. The molecule has 1 aliphatic carbocycles. The van der Waals surface area contributed by atoms with Crippen molar-refractivity contribution < 1.29 is 44.5 Å². The SMILES string of the molecule is CC(C)=CCC12Oc3cc(O)c(C4=CC5(C)CCC4c4ccc(O)cc4O5)c(O)c3C(=O)C1(O)Oc1cc(O)ccc12. The van der Waals surface area contributed by atoms with Crippen molar-refractivity contribution in [1.29, 1.82) is 0 Å². The first-order valence-corrected chi connectivity index (χ1v) is 13.8. The van der Waals surface area contributed by atoms with Gasteiger partial charge in [-0.2, -0.15) is 0 Å². The molecule has 0 saturated carbocycles. The molecule has 42 heavy (non-hydrogen) atoms. The normalized spacial score (nSPS) is 28.1. The van der Waals surface area contributed by atoms with Crippen molar-refractivity contribution in [2.45, 2.75) is 62.9 Å². The molecular formula is C33H30O9. The van der Waals surface area contributed by atoms with Gasteiger partial charge in [-0.15, -0.1) is 0 Å². The number of ether oxygens (including phenoxy) is 3. The number of hydrogen-bond donors (Lipinski definition) is 5. The molecule has 9 nitrogen and oxygen atoms in total. The molecule has 8 rings (SSSR count). The Morgan fingerprint density at radius 3 is 2.38 bits per heavy atom. The van der Waals surface area contributed by atoms with Gasteiger partial charge in [-0.05, 0) is 63.5 Å². The standard InChI is InChI=1S/C33H30O9/c1-16(2)8-11-32-22-7-5-18(35)13-25(22)42-33(32,39)30(38)28-26(41-32)14-23(36)27(29(28)37)21-15-31(3)10-9-19(21)20-6-4-17(34)12-24(20)40-31/h4-8,12-15,19,34-37,39H,9-11H2,1-3H3. The van der Waals surface area contributed by atoms with Crippen LogP contribution in [-0.2, 0) is 5.60 Å². The zero-order valence-electron chi connectivity index (χ0n) is 23.3. The number of benzene rings is 3. The third-order valence-corrected chi connectivity index (χ3v) is 8.84. The van der Waals surface area contributed by atoms with Gasteiger partial charge in [0.05, 0.1) is 5.56 Å². The van der Waals surface area contributed by atoms with Gasteiger partial charge in [0, 0.05) is 41.7 Å².